The highest BCUT2D eigenvalue weighted by atomic mass is 16.6. The third-order valence-corrected chi connectivity index (χ3v) is 10.9. The lowest BCUT2D eigenvalue weighted by molar-refractivity contribution is -0.167. The molecule has 0 N–H and O–H groups in total. The second-order valence-electron chi connectivity index (χ2n) is 17.4. The highest BCUT2D eigenvalue weighted by Gasteiger charge is 2.19. The van der Waals surface area contributed by atoms with Crippen molar-refractivity contribution in [3.8, 4) is 0 Å². The predicted octanol–water partition coefficient (Wildman–Crippen LogP) is 18.1. The molecule has 0 rings (SSSR count). The lowest BCUT2D eigenvalue weighted by Crippen LogP contribution is -2.30. The van der Waals surface area contributed by atoms with Crippen molar-refractivity contribution in [3.05, 3.63) is 122 Å². The van der Waals surface area contributed by atoms with Crippen LogP contribution < -0.4 is 0 Å². The summed E-state index contributed by atoms with van der Waals surface area (Å²) >= 11 is 0. The van der Waals surface area contributed by atoms with Gasteiger partial charge in [0.15, 0.2) is 6.10 Å². The van der Waals surface area contributed by atoms with E-state index in [0.717, 1.165) is 103 Å². The fraction of sp³-hybridized carbons (Fsp3) is 0.623. The van der Waals surface area contributed by atoms with Crippen LogP contribution in [0.1, 0.15) is 226 Å². The average Bonchev–Trinajstić information content (AvgIpc) is 3.33. The minimum Gasteiger partial charge on any atom is -0.462 e. The highest BCUT2D eigenvalue weighted by Crippen LogP contribution is 2.12. The maximum Gasteiger partial charge on any atom is 0.306 e. The first-order valence-electron chi connectivity index (χ1n) is 27.0. The van der Waals surface area contributed by atoms with Crippen molar-refractivity contribution in [2.45, 2.75) is 232 Å². The Labute approximate surface area is 412 Å². The Morgan fingerprint density at radius 2 is 0.597 bits per heavy atom. The zero-order chi connectivity index (χ0) is 48.6. The molecule has 0 heterocycles. The van der Waals surface area contributed by atoms with Crippen molar-refractivity contribution in [1.82, 2.24) is 0 Å². The van der Waals surface area contributed by atoms with Gasteiger partial charge in [0.1, 0.15) is 13.2 Å². The number of esters is 3. The first kappa shape index (κ1) is 62.8. The van der Waals surface area contributed by atoms with Crippen LogP contribution in [0, 0.1) is 0 Å². The average molecular weight is 927 g/mol. The summed E-state index contributed by atoms with van der Waals surface area (Å²) in [4.78, 5) is 38.0. The first-order valence-corrected chi connectivity index (χ1v) is 27.0. The molecule has 67 heavy (non-hydrogen) atoms. The zero-order valence-corrected chi connectivity index (χ0v) is 43.1. The van der Waals surface area contributed by atoms with Gasteiger partial charge in [-0.2, -0.15) is 0 Å². The third-order valence-electron chi connectivity index (χ3n) is 10.9. The van der Waals surface area contributed by atoms with E-state index in [1.54, 1.807) is 0 Å². The van der Waals surface area contributed by atoms with Gasteiger partial charge in [0, 0.05) is 19.3 Å². The standard InChI is InChI=1S/C61H98O6/c1-4-7-10-13-16-19-22-25-28-30-33-36-39-42-45-48-51-54-60(63)66-57-58(56-65-59(62)53-50-47-44-41-38-35-32-27-24-21-18-15-12-9-6-3)67-61(64)55-52-49-46-43-40-37-34-31-29-26-23-20-17-14-11-8-5-2/h7,10,16,18-19,21,25-29,32-34,36-37,42-43,45-46,58H,4-6,8-9,11-15,17,20,22-24,30-31,35,38-41,44,47-57H2,1-3H3/b10-7-,19-16-,21-18-,28-25-,29-26-,32-27-,36-33-,37-34-,45-42-,46-43-/t58-/m0/s1. The molecule has 0 saturated carbocycles. The number of carbonyl (C=O) groups is 3. The van der Waals surface area contributed by atoms with Gasteiger partial charge in [-0.1, -0.05) is 206 Å². The maximum atomic E-state index is 12.8. The quantitative estimate of drug-likeness (QED) is 0.0262. The lowest BCUT2D eigenvalue weighted by atomic mass is 10.1. The van der Waals surface area contributed by atoms with Crippen LogP contribution in [0.4, 0.5) is 0 Å². The van der Waals surface area contributed by atoms with Crippen LogP contribution in [0.5, 0.6) is 0 Å². The van der Waals surface area contributed by atoms with Crippen LogP contribution in [0.25, 0.3) is 0 Å². The zero-order valence-electron chi connectivity index (χ0n) is 43.1. The van der Waals surface area contributed by atoms with E-state index < -0.39 is 6.10 Å². The second-order valence-corrected chi connectivity index (χ2v) is 17.4. The molecule has 0 spiro atoms. The van der Waals surface area contributed by atoms with Gasteiger partial charge in [-0.15, -0.1) is 0 Å². The van der Waals surface area contributed by atoms with E-state index >= 15 is 0 Å². The number of ether oxygens (including phenoxy) is 3. The Morgan fingerprint density at radius 3 is 1.00 bits per heavy atom. The van der Waals surface area contributed by atoms with Crippen LogP contribution in [0.3, 0.4) is 0 Å². The van der Waals surface area contributed by atoms with Gasteiger partial charge >= 0.3 is 17.9 Å². The number of allylic oxidation sites excluding steroid dienone is 20. The molecule has 0 aromatic heterocycles. The molecular formula is C61H98O6. The summed E-state index contributed by atoms with van der Waals surface area (Å²) < 4.78 is 16.7. The van der Waals surface area contributed by atoms with Gasteiger partial charge in [-0.3, -0.25) is 14.4 Å². The molecule has 0 aliphatic rings. The summed E-state index contributed by atoms with van der Waals surface area (Å²) in [7, 11) is 0. The molecule has 0 aliphatic heterocycles. The van der Waals surface area contributed by atoms with Gasteiger partial charge in [-0.05, 0) is 122 Å². The largest absolute Gasteiger partial charge is 0.462 e. The van der Waals surface area contributed by atoms with Gasteiger partial charge in [0.05, 0.1) is 0 Å². The summed E-state index contributed by atoms with van der Waals surface area (Å²) in [5.74, 6) is -1.06. The Balaban J connectivity index is 4.60. The van der Waals surface area contributed by atoms with E-state index in [0.29, 0.717) is 19.3 Å². The molecule has 378 valence electrons. The van der Waals surface area contributed by atoms with Crippen molar-refractivity contribution in [2.24, 2.45) is 0 Å². The molecule has 0 bridgehead atoms. The first-order chi connectivity index (χ1) is 33.0. The molecule has 0 aliphatic carbocycles. The van der Waals surface area contributed by atoms with Crippen molar-refractivity contribution < 1.29 is 28.6 Å². The highest BCUT2D eigenvalue weighted by molar-refractivity contribution is 5.71. The smallest absolute Gasteiger partial charge is 0.306 e. The molecular weight excluding hydrogens is 829 g/mol. The fourth-order valence-electron chi connectivity index (χ4n) is 6.88. The normalized spacial score (nSPS) is 13.1. The molecule has 0 unspecified atom stereocenters. The lowest BCUT2D eigenvalue weighted by Gasteiger charge is -2.18. The van der Waals surface area contributed by atoms with Crippen LogP contribution in [0.2, 0.25) is 0 Å². The molecule has 6 heteroatoms. The molecule has 0 aromatic rings. The Morgan fingerprint density at radius 1 is 0.313 bits per heavy atom. The minimum absolute atomic E-state index is 0.126. The summed E-state index contributed by atoms with van der Waals surface area (Å²) in [6.45, 7) is 6.37. The van der Waals surface area contributed by atoms with E-state index in [1.807, 2.05) is 0 Å². The van der Waals surface area contributed by atoms with Gasteiger partial charge < -0.3 is 14.2 Å². The number of hydrogen-bond donors (Lipinski definition) is 0. The summed E-state index contributed by atoms with van der Waals surface area (Å²) in [6, 6.07) is 0. The van der Waals surface area contributed by atoms with Gasteiger partial charge in [0.25, 0.3) is 0 Å². The van der Waals surface area contributed by atoms with Crippen LogP contribution >= 0.6 is 0 Å². The van der Waals surface area contributed by atoms with E-state index in [-0.39, 0.29) is 44.0 Å². The molecule has 6 nitrogen and oxygen atoms in total. The Hall–Kier alpha value is -4.19. The Bertz CT molecular complexity index is 1440. The van der Waals surface area contributed by atoms with Crippen molar-refractivity contribution in [1.29, 1.82) is 0 Å². The van der Waals surface area contributed by atoms with Crippen molar-refractivity contribution in [2.75, 3.05) is 13.2 Å². The summed E-state index contributed by atoms with van der Waals surface area (Å²) in [5, 5.41) is 0. The second kappa shape index (κ2) is 54.4. The van der Waals surface area contributed by atoms with Crippen LogP contribution in [0.15, 0.2) is 122 Å². The summed E-state index contributed by atoms with van der Waals surface area (Å²) in [5.41, 5.74) is 0. The number of carbonyl (C=O) groups excluding carboxylic acids is 3. The van der Waals surface area contributed by atoms with Crippen LogP contribution in [-0.4, -0.2) is 37.2 Å². The fourth-order valence-corrected chi connectivity index (χ4v) is 6.88. The molecule has 0 fully saturated rings. The summed E-state index contributed by atoms with van der Waals surface area (Å²) in [6.07, 6.45) is 74.8. The minimum atomic E-state index is -0.837. The van der Waals surface area contributed by atoms with E-state index in [2.05, 4.69) is 142 Å². The molecule has 0 amide bonds. The van der Waals surface area contributed by atoms with Gasteiger partial charge in [-0.25, -0.2) is 0 Å². The topological polar surface area (TPSA) is 78.9 Å². The third kappa shape index (κ3) is 52.6. The van der Waals surface area contributed by atoms with Crippen molar-refractivity contribution >= 4 is 17.9 Å². The van der Waals surface area contributed by atoms with E-state index in [4.69, 9.17) is 14.2 Å². The van der Waals surface area contributed by atoms with E-state index in [9.17, 15) is 14.4 Å². The molecule has 0 aromatic carbocycles. The monoisotopic (exact) mass is 927 g/mol. The molecule has 1 atom stereocenters. The SMILES string of the molecule is CC/C=C\C/C=C\C/C=C\C/C=C\C/C=C\CCCC(=O)OC[C@H](COC(=O)CCCCCCC/C=C\C/C=C\CCCCC)OC(=O)CCC/C=C\C/C=C\C/C=C\CCCCCCCC. The van der Waals surface area contributed by atoms with E-state index in [1.165, 1.54) is 70.6 Å². The number of unbranched alkanes of at least 4 members (excludes halogenated alkanes) is 16. The number of rotatable bonds is 47. The van der Waals surface area contributed by atoms with Crippen LogP contribution in [-0.2, 0) is 28.6 Å². The maximum absolute atomic E-state index is 12.8. The van der Waals surface area contributed by atoms with Gasteiger partial charge in [0.2, 0.25) is 0 Å². The predicted molar refractivity (Wildman–Crippen MR) is 288 cm³/mol. The molecule has 0 radical (unpaired) electrons. The molecule has 0 saturated heterocycles. The number of hydrogen-bond acceptors (Lipinski definition) is 6. The Kier molecular flexibility index (Phi) is 51.0. The van der Waals surface area contributed by atoms with Crippen molar-refractivity contribution in [3.63, 3.8) is 0 Å².